The van der Waals surface area contributed by atoms with E-state index in [1.165, 1.54) is 0 Å². The van der Waals surface area contributed by atoms with Gasteiger partial charge in [0.15, 0.2) is 0 Å². The minimum Gasteiger partial charge on any atom is -0.348 e. The minimum atomic E-state index is 0.174. The van der Waals surface area contributed by atoms with Crippen LogP contribution in [0.15, 0.2) is 0 Å². The molecule has 1 saturated heterocycles. The Balaban J connectivity index is 2.26. The molecule has 4 nitrogen and oxygen atoms in total. The van der Waals surface area contributed by atoms with Gasteiger partial charge in [0.1, 0.15) is 0 Å². The lowest BCUT2D eigenvalue weighted by Gasteiger charge is -2.31. The lowest BCUT2D eigenvalue weighted by atomic mass is 10.3. The van der Waals surface area contributed by atoms with E-state index in [-0.39, 0.29) is 5.91 Å². The van der Waals surface area contributed by atoms with Gasteiger partial charge in [-0.1, -0.05) is 12.8 Å². The number of piperazine rings is 1. The van der Waals surface area contributed by atoms with Crippen LogP contribution in [-0.2, 0) is 4.79 Å². The molecule has 0 radical (unpaired) electrons. The first kappa shape index (κ1) is 10.8. The summed E-state index contributed by atoms with van der Waals surface area (Å²) in [6, 6.07) is 0. The van der Waals surface area contributed by atoms with E-state index in [1.807, 2.05) is 4.31 Å². The highest BCUT2D eigenvalue weighted by molar-refractivity contribution is 7.77. The summed E-state index contributed by atoms with van der Waals surface area (Å²) in [5.41, 5.74) is 0. The molecular weight excluding hydrogens is 186 g/mol. The summed E-state index contributed by atoms with van der Waals surface area (Å²) in [4.78, 5) is 15.1. The molecule has 76 valence electrons. The standard InChI is InChI=1S/C8H17N3OS/c1-9(2)8(12)7-10-3-5-11(13)6-4-10/h13H,3-7H2,1-2H3. The summed E-state index contributed by atoms with van der Waals surface area (Å²) >= 11 is 4.24. The summed E-state index contributed by atoms with van der Waals surface area (Å²) in [6.07, 6.45) is 0. The number of carbonyl (C=O) groups is 1. The van der Waals surface area contributed by atoms with E-state index in [1.54, 1.807) is 19.0 Å². The van der Waals surface area contributed by atoms with Gasteiger partial charge in [0.25, 0.3) is 0 Å². The Morgan fingerprint density at radius 2 is 1.85 bits per heavy atom. The Kier molecular flexibility index (Phi) is 4.02. The fourth-order valence-corrected chi connectivity index (χ4v) is 1.41. The van der Waals surface area contributed by atoms with E-state index in [0.29, 0.717) is 6.54 Å². The molecule has 1 aliphatic rings. The summed E-state index contributed by atoms with van der Waals surface area (Å²) < 4.78 is 1.98. The zero-order valence-corrected chi connectivity index (χ0v) is 9.13. The van der Waals surface area contributed by atoms with Crippen LogP contribution in [0.1, 0.15) is 0 Å². The Hall–Kier alpha value is -0.260. The average Bonchev–Trinajstić information content (AvgIpc) is 2.08. The predicted molar refractivity (Wildman–Crippen MR) is 55.7 cm³/mol. The molecule has 1 fully saturated rings. The van der Waals surface area contributed by atoms with Crippen molar-refractivity contribution in [2.75, 3.05) is 46.8 Å². The topological polar surface area (TPSA) is 26.8 Å². The first-order valence-electron chi connectivity index (χ1n) is 4.46. The van der Waals surface area contributed by atoms with E-state index in [9.17, 15) is 4.79 Å². The molecule has 0 spiro atoms. The van der Waals surface area contributed by atoms with Crippen LogP contribution < -0.4 is 0 Å². The SMILES string of the molecule is CN(C)C(=O)CN1CCN(S)CC1. The normalized spacial score (nSPS) is 20.2. The number of rotatable bonds is 2. The molecular formula is C8H17N3OS. The molecule has 0 saturated carbocycles. The number of amides is 1. The molecule has 13 heavy (non-hydrogen) atoms. The van der Waals surface area contributed by atoms with Crippen LogP contribution in [-0.4, -0.2) is 66.8 Å². The van der Waals surface area contributed by atoms with Crippen molar-refractivity contribution >= 4 is 18.7 Å². The summed E-state index contributed by atoms with van der Waals surface area (Å²) in [7, 11) is 3.58. The molecule has 1 aliphatic heterocycles. The van der Waals surface area contributed by atoms with Crippen LogP contribution in [0, 0.1) is 0 Å². The molecule has 1 rings (SSSR count). The molecule has 0 unspecified atom stereocenters. The van der Waals surface area contributed by atoms with E-state index >= 15 is 0 Å². The Bertz CT molecular complexity index is 178. The van der Waals surface area contributed by atoms with Gasteiger partial charge >= 0.3 is 0 Å². The first-order valence-corrected chi connectivity index (χ1v) is 4.86. The molecule has 0 aromatic carbocycles. The van der Waals surface area contributed by atoms with Gasteiger partial charge in [0.05, 0.1) is 6.54 Å². The second-order valence-corrected chi connectivity index (χ2v) is 4.08. The van der Waals surface area contributed by atoms with Gasteiger partial charge < -0.3 is 4.90 Å². The molecule has 0 aliphatic carbocycles. The van der Waals surface area contributed by atoms with Crippen LogP contribution in [0.5, 0.6) is 0 Å². The van der Waals surface area contributed by atoms with Crippen molar-refractivity contribution in [2.24, 2.45) is 0 Å². The van der Waals surface area contributed by atoms with Crippen LogP contribution in [0.2, 0.25) is 0 Å². The highest BCUT2D eigenvalue weighted by atomic mass is 32.1. The number of carbonyl (C=O) groups excluding carboxylic acids is 1. The van der Waals surface area contributed by atoms with Crippen LogP contribution in [0.25, 0.3) is 0 Å². The molecule has 1 heterocycles. The second kappa shape index (κ2) is 4.83. The number of thiol groups is 1. The third-order valence-electron chi connectivity index (χ3n) is 2.21. The lowest BCUT2D eigenvalue weighted by molar-refractivity contribution is -0.130. The Morgan fingerprint density at radius 3 is 2.31 bits per heavy atom. The quantitative estimate of drug-likeness (QED) is 0.615. The van der Waals surface area contributed by atoms with E-state index in [4.69, 9.17) is 0 Å². The lowest BCUT2D eigenvalue weighted by Crippen LogP contribution is -2.46. The molecule has 0 N–H and O–H groups in total. The first-order chi connectivity index (χ1) is 6.09. The van der Waals surface area contributed by atoms with Gasteiger partial charge in [-0.15, -0.1) is 0 Å². The number of hydrogen-bond acceptors (Lipinski definition) is 4. The number of likely N-dealkylation sites (N-methyl/N-ethyl adjacent to an activating group) is 1. The Labute approximate surface area is 85.0 Å². The number of nitrogens with zero attached hydrogens (tertiary/aromatic N) is 3. The Morgan fingerprint density at radius 1 is 1.31 bits per heavy atom. The molecule has 0 atom stereocenters. The van der Waals surface area contributed by atoms with Crippen molar-refractivity contribution in [1.82, 2.24) is 14.1 Å². The van der Waals surface area contributed by atoms with E-state index < -0.39 is 0 Å². The van der Waals surface area contributed by atoms with E-state index in [0.717, 1.165) is 26.2 Å². The zero-order valence-electron chi connectivity index (χ0n) is 8.23. The van der Waals surface area contributed by atoms with Crippen LogP contribution in [0.4, 0.5) is 0 Å². The van der Waals surface area contributed by atoms with Gasteiger partial charge in [0.2, 0.25) is 5.91 Å². The molecule has 0 aromatic heterocycles. The predicted octanol–water partition coefficient (Wildman–Crippen LogP) is -0.463. The third-order valence-corrected chi connectivity index (χ3v) is 2.61. The monoisotopic (exact) mass is 203 g/mol. The fraction of sp³-hybridized carbons (Fsp3) is 0.875. The summed E-state index contributed by atoms with van der Waals surface area (Å²) in [6.45, 7) is 4.27. The van der Waals surface area contributed by atoms with Gasteiger partial charge in [0, 0.05) is 40.3 Å². The molecule has 0 aromatic rings. The van der Waals surface area contributed by atoms with Crippen molar-refractivity contribution < 1.29 is 4.79 Å². The van der Waals surface area contributed by atoms with Crippen molar-refractivity contribution in [3.63, 3.8) is 0 Å². The molecule has 0 bridgehead atoms. The third kappa shape index (κ3) is 3.54. The van der Waals surface area contributed by atoms with Crippen molar-refractivity contribution in [3.8, 4) is 0 Å². The van der Waals surface area contributed by atoms with Crippen molar-refractivity contribution in [2.45, 2.75) is 0 Å². The highest BCUT2D eigenvalue weighted by Gasteiger charge is 2.17. The molecule has 1 amide bonds. The summed E-state index contributed by atoms with van der Waals surface area (Å²) in [5, 5.41) is 0. The van der Waals surface area contributed by atoms with Gasteiger partial charge in [-0.05, 0) is 0 Å². The average molecular weight is 203 g/mol. The largest absolute Gasteiger partial charge is 0.348 e. The highest BCUT2D eigenvalue weighted by Crippen LogP contribution is 2.03. The van der Waals surface area contributed by atoms with Gasteiger partial charge in [-0.2, -0.15) is 0 Å². The molecule has 5 heteroatoms. The zero-order chi connectivity index (χ0) is 9.84. The number of hydrogen-bond donors (Lipinski definition) is 1. The van der Waals surface area contributed by atoms with E-state index in [2.05, 4.69) is 17.7 Å². The summed E-state index contributed by atoms with van der Waals surface area (Å²) in [5.74, 6) is 0.174. The minimum absolute atomic E-state index is 0.174. The van der Waals surface area contributed by atoms with Crippen molar-refractivity contribution in [1.29, 1.82) is 0 Å². The van der Waals surface area contributed by atoms with Crippen LogP contribution >= 0.6 is 12.8 Å². The second-order valence-electron chi connectivity index (χ2n) is 3.52. The fourth-order valence-electron chi connectivity index (χ4n) is 1.23. The maximum absolute atomic E-state index is 11.3. The maximum Gasteiger partial charge on any atom is 0.236 e. The van der Waals surface area contributed by atoms with Crippen LogP contribution in [0.3, 0.4) is 0 Å². The van der Waals surface area contributed by atoms with Crippen molar-refractivity contribution in [3.05, 3.63) is 0 Å². The van der Waals surface area contributed by atoms with Gasteiger partial charge in [-0.25, -0.2) is 0 Å². The maximum atomic E-state index is 11.3. The van der Waals surface area contributed by atoms with Gasteiger partial charge in [-0.3, -0.25) is 14.0 Å². The smallest absolute Gasteiger partial charge is 0.236 e.